The lowest BCUT2D eigenvalue weighted by molar-refractivity contribution is 0.462. The summed E-state index contributed by atoms with van der Waals surface area (Å²) in [7, 11) is 0. The Hall–Kier alpha value is -0.570. The molecule has 2 nitrogen and oxygen atoms in total. The summed E-state index contributed by atoms with van der Waals surface area (Å²) in [5.41, 5.74) is 1.74. The van der Waals surface area contributed by atoms with E-state index in [1.807, 2.05) is 6.20 Å². The third kappa shape index (κ3) is 0.645. The SMILES string of the molecule is CC1=CNC2SC=CN12. The molecule has 2 aliphatic heterocycles. The molecule has 1 unspecified atom stereocenters. The van der Waals surface area contributed by atoms with Gasteiger partial charge in [-0.3, -0.25) is 0 Å². The molecule has 0 saturated heterocycles. The summed E-state index contributed by atoms with van der Waals surface area (Å²) in [6, 6.07) is 0. The van der Waals surface area contributed by atoms with Crippen LogP contribution in [-0.2, 0) is 0 Å². The monoisotopic (exact) mass is 140 g/mol. The number of nitrogens with one attached hydrogen (secondary N) is 1. The third-order valence-corrected chi connectivity index (χ3v) is 2.42. The fraction of sp³-hybridized carbons (Fsp3) is 0.333. The van der Waals surface area contributed by atoms with E-state index in [1.165, 1.54) is 5.70 Å². The van der Waals surface area contributed by atoms with Crippen LogP contribution in [0.4, 0.5) is 0 Å². The predicted molar refractivity (Wildman–Crippen MR) is 39.3 cm³/mol. The van der Waals surface area contributed by atoms with Gasteiger partial charge in [0.05, 0.1) is 0 Å². The Labute approximate surface area is 58.6 Å². The molecule has 0 aromatic carbocycles. The highest BCUT2D eigenvalue weighted by molar-refractivity contribution is 8.02. The molecule has 2 rings (SSSR count). The highest BCUT2D eigenvalue weighted by Gasteiger charge is 2.23. The smallest absolute Gasteiger partial charge is 0.155 e. The first kappa shape index (κ1) is 5.23. The van der Waals surface area contributed by atoms with Gasteiger partial charge < -0.3 is 10.2 Å². The second kappa shape index (κ2) is 1.70. The maximum absolute atomic E-state index is 3.23. The van der Waals surface area contributed by atoms with E-state index in [0.717, 1.165) is 0 Å². The number of fused-ring (bicyclic) bond motifs is 1. The van der Waals surface area contributed by atoms with E-state index in [0.29, 0.717) is 5.50 Å². The van der Waals surface area contributed by atoms with E-state index in [9.17, 15) is 0 Å². The minimum absolute atomic E-state index is 0.449. The summed E-state index contributed by atoms with van der Waals surface area (Å²) in [5.74, 6) is 0. The number of nitrogens with zero attached hydrogens (tertiary/aromatic N) is 1. The zero-order chi connectivity index (χ0) is 6.27. The predicted octanol–water partition coefficient (Wildman–Crippen LogP) is 1.25. The highest BCUT2D eigenvalue weighted by atomic mass is 32.2. The molecule has 2 heterocycles. The Morgan fingerprint density at radius 3 is 3.44 bits per heavy atom. The van der Waals surface area contributed by atoms with Crippen LogP contribution in [0, 0.1) is 0 Å². The standard InChI is InChI=1S/C6H8N2S/c1-5-4-7-6-8(5)2-3-9-6/h2-4,6-7H,1H3. The molecule has 0 aliphatic carbocycles. The number of hydrogen-bond acceptors (Lipinski definition) is 3. The summed E-state index contributed by atoms with van der Waals surface area (Å²) in [6.07, 6.45) is 4.14. The summed E-state index contributed by atoms with van der Waals surface area (Å²) >= 11 is 1.80. The Morgan fingerprint density at radius 1 is 1.78 bits per heavy atom. The minimum atomic E-state index is 0.449. The molecule has 0 spiro atoms. The van der Waals surface area contributed by atoms with Crippen LogP contribution in [-0.4, -0.2) is 10.4 Å². The first-order valence-electron chi connectivity index (χ1n) is 2.91. The second-order valence-corrected chi connectivity index (χ2v) is 3.12. The highest BCUT2D eigenvalue weighted by Crippen LogP contribution is 2.29. The maximum atomic E-state index is 3.23. The van der Waals surface area contributed by atoms with Crippen LogP contribution >= 0.6 is 11.8 Å². The summed E-state index contributed by atoms with van der Waals surface area (Å²) in [6.45, 7) is 2.10. The van der Waals surface area contributed by atoms with Gasteiger partial charge in [-0.05, 0) is 12.3 Å². The van der Waals surface area contributed by atoms with Crippen molar-refractivity contribution in [1.29, 1.82) is 0 Å². The van der Waals surface area contributed by atoms with Gasteiger partial charge in [0.15, 0.2) is 5.50 Å². The average Bonchev–Trinajstić information content (AvgIpc) is 2.35. The van der Waals surface area contributed by atoms with Gasteiger partial charge in [0.2, 0.25) is 0 Å². The average molecular weight is 140 g/mol. The molecule has 2 aliphatic rings. The van der Waals surface area contributed by atoms with Crippen LogP contribution in [0.5, 0.6) is 0 Å². The van der Waals surface area contributed by atoms with Crippen molar-refractivity contribution in [2.24, 2.45) is 0 Å². The van der Waals surface area contributed by atoms with Gasteiger partial charge >= 0.3 is 0 Å². The van der Waals surface area contributed by atoms with Crippen molar-refractivity contribution < 1.29 is 0 Å². The van der Waals surface area contributed by atoms with Crippen molar-refractivity contribution in [2.45, 2.75) is 12.4 Å². The van der Waals surface area contributed by atoms with Crippen molar-refractivity contribution in [2.75, 3.05) is 0 Å². The quantitative estimate of drug-likeness (QED) is 0.545. The van der Waals surface area contributed by atoms with Crippen LogP contribution in [0.15, 0.2) is 23.5 Å². The number of allylic oxidation sites excluding steroid dienone is 1. The summed E-state index contributed by atoms with van der Waals surface area (Å²) in [4.78, 5) is 2.21. The molecule has 1 atom stereocenters. The Bertz CT molecular complexity index is 185. The first-order chi connectivity index (χ1) is 4.38. The molecule has 3 heteroatoms. The van der Waals surface area contributed by atoms with E-state index in [1.54, 1.807) is 11.8 Å². The molecule has 0 radical (unpaired) electrons. The molecule has 0 bridgehead atoms. The van der Waals surface area contributed by atoms with Crippen LogP contribution < -0.4 is 5.32 Å². The van der Waals surface area contributed by atoms with Crippen LogP contribution in [0.2, 0.25) is 0 Å². The van der Waals surface area contributed by atoms with E-state index >= 15 is 0 Å². The van der Waals surface area contributed by atoms with Crippen molar-refractivity contribution >= 4 is 11.8 Å². The first-order valence-corrected chi connectivity index (χ1v) is 3.85. The van der Waals surface area contributed by atoms with Gasteiger partial charge in [-0.1, -0.05) is 11.8 Å². The zero-order valence-corrected chi connectivity index (χ0v) is 5.98. The van der Waals surface area contributed by atoms with Crippen molar-refractivity contribution in [1.82, 2.24) is 10.2 Å². The summed E-state index contributed by atoms with van der Waals surface area (Å²) in [5, 5.41) is 5.34. The molecular formula is C6H8N2S. The molecule has 0 fully saturated rings. The molecule has 0 amide bonds. The lowest BCUT2D eigenvalue weighted by atomic mass is 10.5. The van der Waals surface area contributed by atoms with E-state index in [-0.39, 0.29) is 0 Å². The van der Waals surface area contributed by atoms with Crippen LogP contribution in [0.3, 0.4) is 0 Å². The normalized spacial score (nSPS) is 30.1. The van der Waals surface area contributed by atoms with Gasteiger partial charge in [0, 0.05) is 18.1 Å². The van der Waals surface area contributed by atoms with Gasteiger partial charge in [-0.25, -0.2) is 0 Å². The fourth-order valence-corrected chi connectivity index (χ4v) is 1.87. The molecular weight excluding hydrogens is 132 g/mol. The third-order valence-electron chi connectivity index (χ3n) is 1.52. The lowest BCUT2D eigenvalue weighted by Crippen LogP contribution is -2.25. The van der Waals surface area contributed by atoms with E-state index in [4.69, 9.17) is 0 Å². The molecule has 0 aromatic rings. The van der Waals surface area contributed by atoms with Gasteiger partial charge in [0.1, 0.15) is 0 Å². The fourth-order valence-electron chi connectivity index (χ4n) is 1.01. The Balaban J connectivity index is 2.25. The topological polar surface area (TPSA) is 15.3 Å². The molecule has 0 saturated carbocycles. The molecule has 1 N–H and O–H groups in total. The molecule has 48 valence electrons. The van der Waals surface area contributed by atoms with Gasteiger partial charge in [-0.2, -0.15) is 0 Å². The van der Waals surface area contributed by atoms with E-state index < -0.39 is 0 Å². The Kier molecular flexibility index (Phi) is 0.990. The van der Waals surface area contributed by atoms with Crippen molar-refractivity contribution in [3.05, 3.63) is 23.5 Å². The molecule has 9 heavy (non-hydrogen) atoms. The van der Waals surface area contributed by atoms with Crippen molar-refractivity contribution in [3.8, 4) is 0 Å². The molecule has 0 aromatic heterocycles. The van der Waals surface area contributed by atoms with E-state index in [2.05, 4.69) is 28.7 Å². The number of rotatable bonds is 0. The van der Waals surface area contributed by atoms with Crippen LogP contribution in [0.25, 0.3) is 0 Å². The number of hydrogen-bond donors (Lipinski definition) is 1. The summed E-state index contributed by atoms with van der Waals surface area (Å²) < 4.78 is 0. The maximum Gasteiger partial charge on any atom is 0.155 e. The largest absolute Gasteiger partial charge is 0.361 e. The zero-order valence-electron chi connectivity index (χ0n) is 5.16. The minimum Gasteiger partial charge on any atom is -0.361 e. The number of thioether (sulfide) groups is 1. The van der Waals surface area contributed by atoms with Crippen LogP contribution in [0.1, 0.15) is 6.92 Å². The van der Waals surface area contributed by atoms with Gasteiger partial charge in [-0.15, -0.1) is 0 Å². The lowest BCUT2D eigenvalue weighted by Gasteiger charge is -2.15. The second-order valence-electron chi connectivity index (χ2n) is 2.13. The van der Waals surface area contributed by atoms with Gasteiger partial charge in [0.25, 0.3) is 0 Å². The Morgan fingerprint density at radius 2 is 2.67 bits per heavy atom. The van der Waals surface area contributed by atoms with Crippen molar-refractivity contribution in [3.63, 3.8) is 0 Å².